The van der Waals surface area contributed by atoms with E-state index in [-0.39, 0.29) is 32.2 Å². The Kier molecular flexibility index (Phi) is 37.9. The summed E-state index contributed by atoms with van der Waals surface area (Å²) >= 11 is 0. The summed E-state index contributed by atoms with van der Waals surface area (Å²) in [6.45, 7) is 4.75. The molecule has 9 nitrogen and oxygen atoms in total. The number of nitrogens with zero attached hydrogens (tertiary/aromatic N) is 1. The molecule has 0 heterocycles. The van der Waals surface area contributed by atoms with Gasteiger partial charge in [0, 0.05) is 12.8 Å². The lowest BCUT2D eigenvalue weighted by Gasteiger charge is -2.26. The van der Waals surface area contributed by atoms with Crippen LogP contribution in [0.4, 0.5) is 0 Å². The van der Waals surface area contributed by atoms with E-state index < -0.39 is 24.3 Å². The van der Waals surface area contributed by atoms with E-state index in [1.54, 1.807) is 0 Å². The molecule has 326 valence electrons. The average molecular weight is 784 g/mol. The molecule has 0 aromatic carbocycles. The fraction of sp³-hybridized carbons (Fsp3) is 0.935. The Balaban J connectivity index is 4.26. The summed E-state index contributed by atoms with van der Waals surface area (Å²) in [5.41, 5.74) is 0. The fourth-order valence-electron chi connectivity index (χ4n) is 6.71. The van der Waals surface area contributed by atoms with Crippen molar-refractivity contribution in [2.24, 2.45) is 0 Å². The van der Waals surface area contributed by atoms with Crippen LogP contribution in [0.1, 0.15) is 219 Å². The zero-order valence-electron chi connectivity index (χ0n) is 36.8. The summed E-state index contributed by atoms with van der Waals surface area (Å²) < 4.78 is 22.5. The number of hydrogen-bond donors (Lipinski definition) is 0. The Bertz CT molecular complexity index is 876. The smallest absolute Gasteiger partial charge is 0.306 e. The number of rotatable bonds is 43. The molecule has 0 radical (unpaired) electrons. The summed E-state index contributed by atoms with van der Waals surface area (Å²) in [5, 5.41) is 11.7. The quantitative estimate of drug-likeness (QED) is 0.0260. The second-order valence-electron chi connectivity index (χ2n) is 17.1. The maximum Gasteiger partial charge on any atom is 0.306 e. The van der Waals surface area contributed by atoms with E-state index in [9.17, 15) is 19.5 Å². The molecule has 0 aromatic rings. The highest BCUT2D eigenvalue weighted by Gasteiger charge is 2.21. The molecule has 0 fully saturated rings. The summed E-state index contributed by atoms with van der Waals surface area (Å²) in [7, 11) is 5.91. The van der Waals surface area contributed by atoms with E-state index in [1.807, 2.05) is 21.1 Å². The van der Waals surface area contributed by atoms with E-state index in [2.05, 4.69) is 13.8 Å². The summed E-state index contributed by atoms with van der Waals surface area (Å²) in [6.07, 6.45) is 35.7. The first-order valence-electron chi connectivity index (χ1n) is 23.2. The minimum absolute atomic E-state index is 0.153. The molecule has 0 N–H and O–H groups in total. The number of esters is 2. The summed E-state index contributed by atoms with van der Waals surface area (Å²) in [4.78, 5) is 36.9. The van der Waals surface area contributed by atoms with Crippen molar-refractivity contribution in [2.45, 2.75) is 232 Å². The van der Waals surface area contributed by atoms with Gasteiger partial charge in [0.15, 0.2) is 12.4 Å². The van der Waals surface area contributed by atoms with Crippen molar-refractivity contribution in [1.29, 1.82) is 0 Å². The molecule has 0 spiro atoms. The third kappa shape index (κ3) is 40.3. The molecule has 0 saturated carbocycles. The van der Waals surface area contributed by atoms with Crippen LogP contribution in [0.25, 0.3) is 0 Å². The average Bonchev–Trinajstić information content (AvgIpc) is 3.14. The van der Waals surface area contributed by atoms with E-state index in [1.165, 1.54) is 154 Å². The molecule has 0 amide bonds. The molecule has 9 heteroatoms. The van der Waals surface area contributed by atoms with E-state index in [4.69, 9.17) is 18.9 Å². The van der Waals surface area contributed by atoms with Crippen molar-refractivity contribution in [3.8, 4) is 0 Å². The minimum Gasteiger partial charge on any atom is -0.545 e. The third-order valence-corrected chi connectivity index (χ3v) is 10.4. The van der Waals surface area contributed by atoms with Crippen LogP contribution in [-0.2, 0) is 33.3 Å². The van der Waals surface area contributed by atoms with Gasteiger partial charge >= 0.3 is 11.9 Å². The van der Waals surface area contributed by atoms with Gasteiger partial charge in [0.25, 0.3) is 0 Å². The zero-order valence-corrected chi connectivity index (χ0v) is 36.8. The molecule has 2 atom stereocenters. The van der Waals surface area contributed by atoms with Crippen LogP contribution in [0.5, 0.6) is 0 Å². The third-order valence-electron chi connectivity index (χ3n) is 10.4. The van der Waals surface area contributed by atoms with Crippen molar-refractivity contribution >= 4 is 17.9 Å². The van der Waals surface area contributed by atoms with Crippen molar-refractivity contribution in [3.05, 3.63) is 0 Å². The number of aliphatic carboxylic acids is 1. The zero-order chi connectivity index (χ0) is 40.7. The van der Waals surface area contributed by atoms with Crippen LogP contribution >= 0.6 is 0 Å². The molecule has 0 aromatic heterocycles. The Hall–Kier alpha value is -1.71. The predicted octanol–water partition coefficient (Wildman–Crippen LogP) is 10.8. The molecular formula is C46H89NO8. The SMILES string of the molecule is CCCCCCCCCCCCCCCCCCCCCCCC(=O)OC(COC(=O)CCCCCCCCCCC)COC(OCC[N+](C)(C)C)C(=O)[O-]. The van der Waals surface area contributed by atoms with Gasteiger partial charge in [0.1, 0.15) is 13.2 Å². The molecule has 2 unspecified atom stereocenters. The van der Waals surface area contributed by atoms with Gasteiger partial charge in [-0.15, -0.1) is 0 Å². The topological polar surface area (TPSA) is 111 Å². The van der Waals surface area contributed by atoms with Crippen LogP contribution in [0.15, 0.2) is 0 Å². The van der Waals surface area contributed by atoms with Gasteiger partial charge in [-0.1, -0.05) is 194 Å². The molecule has 0 aliphatic heterocycles. The molecule has 0 bridgehead atoms. The van der Waals surface area contributed by atoms with E-state index in [0.717, 1.165) is 38.5 Å². The highest BCUT2D eigenvalue weighted by atomic mass is 16.7. The first-order chi connectivity index (χ1) is 26.6. The number of carboxylic acids is 1. The first-order valence-corrected chi connectivity index (χ1v) is 23.2. The number of carboxylic acid groups (broad SMARTS) is 1. The Morgan fingerprint density at radius 2 is 0.818 bits per heavy atom. The van der Waals surface area contributed by atoms with Gasteiger partial charge in [-0.25, -0.2) is 0 Å². The molecule has 0 aliphatic carbocycles. The highest BCUT2D eigenvalue weighted by Crippen LogP contribution is 2.16. The van der Waals surface area contributed by atoms with Crippen LogP contribution in [0.3, 0.4) is 0 Å². The molecule has 0 saturated heterocycles. The number of carbonyl (C=O) groups is 3. The normalized spacial score (nSPS) is 12.8. The minimum atomic E-state index is -1.61. The highest BCUT2D eigenvalue weighted by molar-refractivity contribution is 5.70. The van der Waals surface area contributed by atoms with Crippen LogP contribution in [0, 0.1) is 0 Å². The second-order valence-corrected chi connectivity index (χ2v) is 17.1. The number of carbonyl (C=O) groups excluding carboxylic acids is 3. The van der Waals surface area contributed by atoms with Gasteiger partial charge in [-0.3, -0.25) is 9.59 Å². The van der Waals surface area contributed by atoms with Gasteiger partial charge in [-0.2, -0.15) is 0 Å². The van der Waals surface area contributed by atoms with Gasteiger partial charge in [0.2, 0.25) is 0 Å². The van der Waals surface area contributed by atoms with E-state index >= 15 is 0 Å². The molecular weight excluding hydrogens is 695 g/mol. The number of quaternary nitrogens is 1. The van der Waals surface area contributed by atoms with Crippen molar-refractivity contribution < 1.29 is 42.9 Å². The first kappa shape index (κ1) is 53.3. The Morgan fingerprint density at radius 3 is 1.16 bits per heavy atom. The standard InChI is InChI=1S/C46H89NO8/c1-6-8-10-12-14-16-17-18-19-20-21-22-23-24-25-26-27-29-31-33-35-37-44(49)55-42(41-54-46(45(50)51)52-39-38-47(3,4)5)40-53-43(48)36-34-32-30-28-15-13-11-9-7-2/h42,46H,6-41H2,1-5H3. The number of hydrogen-bond acceptors (Lipinski definition) is 8. The maximum absolute atomic E-state index is 12.7. The van der Waals surface area contributed by atoms with Gasteiger partial charge in [-0.05, 0) is 12.8 Å². The Morgan fingerprint density at radius 1 is 0.473 bits per heavy atom. The van der Waals surface area contributed by atoms with Crippen molar-refractivity contribution in [1.82, 2.24) is 0 Å². The lowest BCUT2D eigenvalue weighted by atomic mass is 10.0. The van der Waals surface area contributed by atoms with E-state index in [0.29, 0.717) is 17.4 Å². The van der Waals surface area contributed by atoms with Crippen LogP contribution in [-0.4, -0.2) is 82.3 Å². The maximum atomic E-state index is 12.7. The van der Waals surface area contributed by atoms with Crippen molar-refractivity contribution in [2.75, 3.05) is 47.5 Å². The lowest BCUT2D eigenvalue weighted by molar-refractivity contribution is -0.870. The summed E-state index contributed by atoms with van der Waals surface area (Å²) in [5.74, 6) is -2.27. The van der Waals surface area contributed by atoms with Gasteiger partial charge < -0.3 is 33.3 Å². The molecule has 0 aliphatic rings. The largest absolute Gasteiger partial charge is 0.545 e. The van der Waals surface area contributed by atoms with Crippen LogP contribution < -0.4 is 5.11 Å². The fourth-order valence-corrected chi connectivity index (χ4v) is 6.71. The predicted molar refractivity (Wildman–Crippen MR) is 224 cm³/mol. The number of unbranched alkanes of at least 4 members (excludes halogenated alkanes) is 28. The number of ether oxygens (including phenoxy) is 4. The summed E-state index contributed by atoms with van der Waals surface area (Å²) in [6, 6.07) is 0. The Labute approximate surface area is 339 Å². The lowest BCUT2D eigenvalue weighted by Crippen LogP contribution is -2.44. The van der Waals surface area contributed by atoms with Gasteiger partial charge in [0.05, 0.1) is 40.3 Å². The second kappa shape index (κ2) is 39.1. The van der Waals surface area contributed by atoms with Crippen molar-refractivity contribution in [3.63, 3.8) is 0 Å². The van der Waals surface area contributed by atoms with Crippen LogP contribution in [0.2, 0.25) is 0 Å². The number of likely N-dealkylation sites (N-methyl/N-ethyl adjacent to an activating group) is 1. The molecule has 0 rings (SSSR count). The monoisotopic (exact) mass is 784 g/mol. The molecule has 55 heavy (non-hydrogen) atoms.